The second kappa shape index (κ2) is 14.5. The van der Waals surface area contributed by atoms with Crippen LogP contribution in [0.5, 0.6) is 0 Å². The Morgan fingerprint density at radius 3 is 1.11 bits per heavy atom. The molecule has 3 atom stereocenters. The first kappa shape index (κ1) is 35.4. The molecule has 0 bridgehead atoms. The van der Waals surface area contributed by atoms with Crippen LogP contribution in [-0.2, 0) is 28.6 Å². The zero-order valence-corrected chi connectivity index (χ0v) is 25.8. The van der Waals surface area contributed by atoms with Crippen LogP contribution in [0, 0.1) is 16.2 Å². The van der Waals surface area contributed by atoms with Crippen molar-refractivity contribution in [1.82, 2.24) is 0 Å². The molecule has 0 aliphatic rings. The lowest BCUT2D eigenvalue weighted by Gasteiger charge is -2.28. The topological polar surface area (TPSA) is 99.1 Å². The minimum atomic E-state index is -2.36. The van der Waals surface area contributed by atoms with Crippen molar-refractivity contribution >= 4 is 17.9 Å². The van der Waals surface area contributed by atoms with E-state index in [9.17, 15) is 19.5 Å². The van der Waals surface area contributed by atoms with E-state index in [0.717, 1.165) is 19.3 Å². The first-order chi connectivity index (χ1) is 16.5. The first-order valence-electron chi connectivity index (χ1n) is 13.8. The quantitative estimate of drug-likeness (QED) is 0.196. The summed E-state index contributed by atoms with van der Waals surface area (Å²) in [6, 6.07) is 0. The third kappa shape index (κ3) is 18.3. The van der Waals surface area contributed by atoms with Crippen LogP contribution < -0.4 is 0 Å². The molecule has 0 aliphatic heterocycles. The number of esters is 3. The molecule has 0 radical (unpaired) electrons. The average Bonchev–Trinajstić information content (AvgIpc) is 2.67. The molecule has 0 aromatic heterocycles. The standard InChI is InChI=1S/C30H56O7/c1-21(13-16-27(4,5)6)35-24(31)19-30(34,26(33)37-23(3)15-18-29(10,11)12)20-25(32)36-22(2)14-17-28(7,8)9/h21-23,34H,13-20H2,1-12H3. The Balaban J connectivity index is 5.40. The van der Waals surface area contributed by atoms with E-state index in [1.54, 1.807) is 20.8 Å². The van der Waals surface area contributed by atoms with Crippen LogP contribution >= 0.6 is 0 Å². The molecular weight excluding hydrogens is 472 g/mol. The Kier molecular flexibility index (Phi) is 13.9. The van der Waals surface area contributed by atoms with Crippen LogP contribution in [0.15, 0.2) is 0 Å². The fourth-order valence-electron chi connectivity index (χ4n) is 3.59. The van der Waals surface area contributed by atoms with Crippen LogP contribution in [0.3, 0.4) is 0 Å². The molecular formula is C30H56O7. The lowest BCUT2D eigenvalue weighted by molar-refractivity contribution is -0.183. The monoisotopic (exact) mass is 528 g/mol. The lowest BCUT2D eigenvalue weighted by Crippen LogP contribution is -2.46. The number of carbonyl (C=O) groups is 3. The van der Waals surface area contributed by atoms with Crippen LogP contribution in [0.25, 0.3) is 0 Å². The first-order valence-corrected chi connectivity index (χ1v) is 13.8. The molecule has 7 nitrogen and oxygen atoms in total. The van der Waals surface area contributed by atoms with Gasteiger partial charge in [-0.25, -0.2) is 4.79 Å². The highest BCUT2D eigenvalue weighted by atomic mass is 16.6. The highest BCUT2D eigenvalue weighted by Crippen LogP contribution is 2.27. The molecule has 0 amide bonds. The number of aliphatic hydroxyl groups is 1. The third-order valence-electron chi connectivity index (χ3n) is 6.13. The molecule has 37 heavy (non-hydrogen) atoms. The maximum Gasteiger partial charge on any atom is 0.339 e. The molecule has 0 saturated heterocycles. The summed E-state index contributed by atoms with van der Waals surface area (Å²) in [6.07, 6.45) is 1.77. The summed E-state index contributed by atoms with van der Waals surface area (Å²) in [6.45, 7) is 24.2. The van der Waals surface area contributed by atoms with Gasteiger partial charge in [0.1, 0.15) is 0 Å². The summed E-state index contributed by atoms with van der Waals surface area (Å²) < 4.78 is 16.4. The number of rotatable bonds is 14. The lowest BCUT2D eigenvalue weighted by atomic mass is 9.89. The molecule has 0 spiro atoms. The van der Waals surface area contributed by atoms with E-state index in [1.165, 1.54) is 0 Å². The van der Waals surface area contributed by atoms with E-state index >= 15 is 0 Å². The Bertz CT molecular complexity index is 682. The average molecular weight is 529 g/mol. The maximum atomic E-state index is 13.1. The minimum Gasteiger partial charge on any atom is -0.463 e. The fraction of sp³-hybridized carbons (Fsp3) is 0.900. The van der Waals surface area contributed by atoms with E-state index in [-0.39, 0.29) is 28.5 Å². The fourth-order valence-corrected chi connectivity index (χ4v) is 3.59. The van der Waals surface area contributed by atoms with Crippen molar-refractivity contribution in [1.29, 1.82) is 0 Å². The van der Waals surface area contributed by atoms with E-state index in [0.29, 0.717) is 19.3 Å². The van der Waals surface area contributed by atoms with Crippen LogP contribution in [-0.4, -0.2) is 46.9 Å². The molecule has 1 N–H and O–H groups in total. The van der Waals surface area contributed by atoms with Crippen molar-refractivity contribution in [2.24, 2.45) is 16.2 Å². The molecule has 3 unspecified atom stereocenters. The van der Waals surface area contributed by atoms with Crippen molar-refractivity contribution in [2.45, 2.75) is 158 Å². The van der Waals surface area contributed by atoms with E-state index in [2.05, 4.69) is 62.3 Å². The molecule has 0 saturated carbocycles. The predicted octanol–water partition coefficient (Wildman–Crippen LogP) is 6.77. The van der Waals surface area contributed by atoms with Crippen LogP contribution in [0.2, 0.25) is 0 Å². The van der Waals surface area contributed by atoms with Crippen molar-refractivity contribution in [3.8, 4) is 0 Å². The summed E-state index contributed by atoms with van der Waals surface area (Å²) in [4.78, 5) is 38.5. The minimum absolute atomic E-state index is 0.0525. The van der Waals surface area contributed by atoms with Crippen molar-refractivity contribution in [2.75, 3.05) is 0 Å². The summed E-state index contributed by atoms with van der Waals surface area (Å²) in [5.41, 5.74) is -2.14. The van der Waals surface area contributed by atoms with Crippen molar-refractivity contribution in [3.63, 3.8) is 0 Å². The van der Waals surface area contributed by atoms with E-state index in [4.69, 9.17) is 14.2 Å². The van der Waals surface area contributed by atoms with Gasteiger partial charge in [-0.1, -0.05) is 62.3 Å². The normalized spacial score (nSPS) is 16.8. The molecule has 0 heterocycles. The second-order valence-electron chi connectivity index (χ2n) is 14.5. The predicted molar refractivity (Wildman–Crippen MR) is 147 cm³/mol. The van der Waals surface area contributed by atoms with Gasteiger partial charge < -0.3 is 19.3 Å². The van der Waals surface area contributed by atoms with Crippen LogP contribution in [0.4, 0.5) is 0 Å². The Morgan fingerprint density at radius 1 is 0.568 bits per heavy atom. The molecule has 0 rings (SSSR count). The van der Waals surface area contributed by atoms with Gasteiger partial charge in [-0.05, 0) is 75.5 Å². The van der Waals surface area contributed by atoms with Gasteiger partial charge in [-0.3, -0.25) is 9.59 Å². The molecule has 0 aromatic rings. The van der Waals surface area contributed by atoms with Gasteiger partial charge in [-0.2, -0.15) is 0 Å². The van der Waals surface area contributed by atoms with Gasteiger partial charge in [0, 0.05) is 0 Å². The summed E-state index contributed by atoms with van der Waals surface area (Å²) >= 11 is 0. The Labute approximate surface area is 226 Å². The molecule has 0 aliphatic carbocycles. The Morgan fingerprint density at radius 2 is 0.838 bits per heavy atom. The van der Waals surface area contributed by atoms with Gasteiger partial charge in [-0.15, -0.1) is 0 Å². The van der Waals surface area contributed by atoms with Gasteiger partial charge >= 0.3 is 17.9 Å². The zero-order valence-electron chi connectivity index (χ0n) is 25.8. The smallest absolute Gasteiger partial charge is 0.339 e. The van der Waals surface area contributed by atoms with Gasteiger partial charge in [0.15, 0.2) is 5.60 Å². The van der Waals surface area contributed by atoms with E-state index in [1.807, 2.05) is 0 Å². The van der Waals surface area contributed by atoms with E-state index < -0.39 is 42.5 Å². The summed E-state index contributed by atoms with van der Waals surface area (Å²) in [5.74, 6) is -2.51. The van der Waals surface area contributed by atoms with Gasteiger partial charge in [0.2, 0.25) is 0 Å². The van der Waals surface area contributed by atoms with Gasteiger partial charge in [0.25, 0.3) is 0 Å². The second-order valence-corrected chi connectivity index (χ2v) is 14.5. The molecule has 218 valence electrons. The molecule has 0 fully saturated rings. The SMILES string of the molecule is CC(CCC(C)(C)C)OC(=O)CC(O)(CC(=O)OC(C)CCC(C)(C)C)C(=O)OC(C)CCC(C)(C)C. The Hall–Kier alpha value is -1.63. The van der Waals surface area contributed by atoms with Crippen molar-refractivity contribution in [3.05, 3.63) is 0 Å². The number of hydrogen-bond acceptors (Lipinski definition) is 7. The molecule has 7 heteroatoms. The summed E-state index contributed by atoms with van der Waals surface area (Å²) in [5, 5.41) is 11.3. The largest absolute Gasteiger partial charge is 0.463 e. The van der Waals surface area contributed by atoms with Gasteiger partial charge in [0.05, 0.1) is 31.2 Å². The number of hydrogen-bond donors (Lipinski definition) is 1. The maximum absolute atomic E-state index is 13.1. The highest BCUT2D eigenvalue weighted by molar-refractivity contribution is 5.90. The highest BCUT2D eigenvalue weighted by Gasteiger charge is 2.44. The zero-order chi connectivity index (χ0) is 29.2. The summed E-state index contributed by atoms with van der Waals surface area (Å²) in [7, 11) is 0. The molecule has 0 aromatic carbocycles. The van der Waals surface area contributed by atoms with Crippen LogP contribution in [0.1, 0.15) is 134 Å². The third-order valence-corrected chi connectivity index (χ3v) is 6.13. The van der Waals surface area contributed by atoms with Crippen molar-refractivity contribution < 1.29 is 33.7 Å². The number of ether oxygens (including phenoxy) is 3. The number of carbonyl (C=O) groups excluding carboxylic acids is 3.